The number of benzene rings is 3. The third-order valence-electron chi connectivity index (χ3n) is 7.39. The lowest BCUT2D eigenvalue weighted by Gasteiger charge is -2.35. The van der Waals surface area contributed by atoms with Gasteiger partial charge < -0.3 is 10.2 Å². The van der Waals surface area contributed by atoms with Gasteiger partial charge in [-0.1, -0.05) is 103 Å². The van der Waals surface area contributed by atoms with Gasteiger partial charge in [0.2, 0.25) is 21.8 Å². The number of nitrogens with one attached hydrogen (secondary N) is 1. The van der Waals surface area contributed by atoms with Crippen LogP contribution in [-0.4, -0.2) is 50.0 Å². The minimum atomic E-state index is -3.93. The Morgan fingerprint density at radius 2 is 1.55 bits per heavy atom. The van der Waals surface area contributed by atoms with Gasteiger partial charge in [0, 0.05) is 24.0 Å². The zero-order chi connectivity index (χ0) is 30.3. The highest BCUT2D eigenvalue weighted by atomic mass is 35.5. The average molecular weight is 651 g/mol. The number of carbonyl (C=O) groups is 2. The molecule has 3 aromatic rings. The molecular formula is C31H34Cl3N3O4S. The van der Waals surface area contributed by atoms with Gasteiger partial charge in [0.1, 0.15) is 12.6 Å². The van der Waals surface area contributed by atoms with Gasteiger partial charge in [0.05, 0.1) is 22.0 Å². The van der Waals surface area contributed by atoms with Crippen molar-refractivity contribution < 1.29 is 18.0 Å². The molecule has 2 amide bonds. The molecule has 0 aliphatic heterocycles. The molecule has 0 unspecified atom stereocenters. The standard InChI is InChI=1S/C31H34Cl3N3O4S/c1-42(40,41)37(25-16-17-27(33)28(34)19-25)21-30(38)36(20-23-12-8-9-15-26(23)32)29(18-22-10-4-2-5-11-22)31(39)35-24-13-6-3-7-14-24/h2,4-5,8-12,15-17,19,24,29H,3,6-7,13-14,18,20-21H2,1H3,(H,35,39)/t29-/m1/s1. The van der Waals surface area contributed by atoms with Crippen LogP contribution in [0.4, 0.5) is 5.69 Å². The second-order valence-corrected chi connectivity index (χ2v) is 13.7. The van der Waals surface area contributed by atoms with Crippen LogP contribution in [0.5, 0.6) is 0 Å². The Bertz CT molecular complexity index is 1500. The minimum Gasteiger partial charge on any atom is -0.352 e. The van der Waals surface area contributed by atoms with E-state index < -0.39 is 28.5 Å². The molecule has 1 atom stereocenters. The van der Waals surface area contributed by atoms with E-state index in [9.17, 15) is 18.0 Å². The first-order chi connectivity index (χ1) is 20.0. The van der Waals surface area contributed by atoms with Crippen LogP contribution in [0.2, 0.25) is 15.1 Å². The van der Waals surface area contributed by atoms with Gasteiger partial charge in [0.15, 0.2) is 0 Å². The maximum atomic E-state index is 14.2. The smallest absolute Gasteiger partial charge is 0.244 e. The lowest BCUT2D eigenvalue weighted by Crippen LogP contribution is -2.55. The number of carbonyl (C=O) groups excluding carboxylic acids is 2. The predicted molar refractivity (Wildman–Crippen MR) is 170 cm³/mol. The number of anilines is 1. The SMILES string of the molecule is CS(=O)(=O)N(CC(=O)N(Cc1ccccc1Cl)[C@H](Cc1ccccc1)C(=O)NC1CCCCC1)c1ccc(Cl)c(Cl)c1. The Morgan fingerprint density at radius 1 is 0.881 bits per heavy atom. The van der Waals surface area contributed by atoms with E-state index >= 15 is 0 Å². The summed E-state index contributed by atoms with van der Waals surface area (Å²) >= 11 is 18.8. The lowest BCUT2D eigenvalue weighted by molar-refractivity contribution is -0.140. The van der Waals surface area contributed by atoms with Crippen molar-refractivity contribution >= 4 is 62.3 Å². The fourth-order valence-electron chi connectivity index (χ4n) is 5.16. The van der Waals surface area contributed by atoms with Gasteiger partial charge >= 0.3 is 0 Å². The summed E-state index contributed by atoms with van der Waals surface area (Å²) in [5, 5.41) is 4.01. The molecule has 0 bridgehead atoms. The van der Waals surface area contributed by atoms with Gasteiger partial charge in [0.25, 0.3) is 0 Å². The molecule has 3 aromatic carbocycles. The fraction of sp³-hybridized carbons (Fsp3) is 0.355. The third-order valence-corrected chi connectivity index (χ3v) is 9.64. The van der Waals surface area contributed by atoms with E-state index in [0.29, 0.717) is 10.6 Å². The second-order valence-electron chi connectivity index (χ2n) is 10.5. The van der Waals surface area contributed by atoms with Crippen molar-refractivity contribution in [3.63, 3.8) is 0 Å². The summed E-state index contributed by atoms with van der Waals surface area (Å²) in [6.07, 6.45) is 6.20. The number of hydrogen-bond acceptors (Lipinski definition) is 4. The van der Waals surface area contributed by atoms with E-state index in [4.69, 9.17) is 34.8 Å². The number of hydrogen-bond donors (Lipinski definition) is 1. The minimum absolute atomic E-state index is 0.00701. The first-order valence-electron chi connectivity index (χ1n) is 13.8. The van der Waals surface area contributed by atoms with Crippen LogP contribution >= 0.6 is 34.8 Å². The van der Waals surface area contributed by atoms with E-state index in [1.54, 1.807) is 24.3 Å². The molecule has 1 aliphatic rings. The van der Waals surface area contributed by atoms with Crippen LogP contribution in [0, 0.1) is 0 Å². The van der Waals surface area contributed by atoms with Crippen LogP contribution in [-0.2, 0) is 32.6 Å². The summed E-state index contributed by atoms with van der Waals surface area (Å²) < 4.78 is 26.8. The van der Waals surface area contributed by atoms with Crippen LogP contribution < -0.4 is 9.62 Å². The van der Waals surface area contributed by atoms with Crippen molar-refractivity contribution in [2.45, 2.75) is 57.2 Å². The molecule has 1 aliphatic carbocycles. The first kappa shape index (κ1) is 32.1. The number of amides is 2. The molecule has 0 saturated heterocycles. The fourth-order valence-corrected chi connectivity index (χ4v) is 6.49. The van der Waals surface area contributed by atoms with Crippen molar-refractivity contribution in [1.82, 2.24) is 10.2 Å². The maximum absolute atomic E-state index is 14.2. The summed E-state index contributed by atoms with van der Waals surface area (Å²) in [5.41, 5.74) is 1.68. The van der Waals surface area contributed by atoms with Gasteiger partial charge in [-0.25, -0.2) is 8.42 Å². The highest BCUT2D eigenvalue weighted by Gasteiger charge is 2.34. The van der Waals surface area contributed by atoms with E-state index in [-0.39, 0.29) is 40.6 Å². The van der Waals surface area contributed by atoms with Crippen molar-refractivity contribution in [1.29, 1.82) is 0 Å². The molecule has 224 valence electrons. The van der Waals surface area contributed by atoms with Crippen molar-refractivity contribution in [3.05, 3.63) is 99.0 Å². The molecule has 42 heavy (non-hydrogen) atoms. The van der Waals surface area contributed by atoms with Crippen molar-refractivity contribution in [3.8, 4) is 0 Å². The number of nitrogens with zero attached hydrogens (tertiary/aromatic N) is 2. The number of sulfonamides is 1. The molecule has 4 rings (SSSR count). The van der Waals surface area contributed by atoms with Crippen LogP contribution in [0.3, 0.4) is 0 Å². The molecule has 11 heteroatoms. The number of halogens is 3. The van der Waals surface area contributed by atoms with Gasteiger partial charge in [-0.3, -0.25) is 13.9 Å². The summed E-state index contributed by atoms with van der Waals surface area (Å²) in [6.45, 7) is -0.545. The Morgan fingerprint density at radius 3 is 2.19 bits per heavy atom. The quantitative estimate of drug-likeness (QED) is 0.257. The highest BCUT2D eigenvalue weighted by molar-refractivity contribution is 7.92. The third kappa shape index (κ3) is 8.63. The first-order valence-corrected chi connectivity index (χ1v) is 16.8. The Kier molecular flexibility index (Phi) is 11.2. The molecule has 1 saturated carbocycles. The molecule has 0 spiro atoms. The zero-order valence-electron chi connectivity index (χ0n) is 23.3. The number of rotatable bonds is 11. The van der Waals surface area contributed by atoms with E-state index in [2.05, 4.69) is 5.32 Å². The normalized spacial score (nSPS) is 14.7. The largest absolute Gasteiger partial charge is 0.352 e. The van der Waals surface area contributed by atoms with Crippen molar-refractivity contribution in [2.75, 3.05) is 17.1 Å². The average Bonchev–Trinajstić information content (AvgIpc) is 2.96. The summed E-state index contributed by atoms with van der Waals surface area (Å²) in [5.74, 6) is -0.849. The Balaban J connectivity index is 1.74. The maximum Gasteiger partial charge on any atom is 0.244 e. The topological polar surface area (TPSA) is 86.8 Å². The van der Waals surface area contributed by atoms with E-state index in [1.165, 1.54) is 23.1 Å². The van der Waals surface area contributed by atoms with E-state index in [0.717, 1.165) is 48.2 Å². The molecule has 1 fully saturated rings. The predicted octanol–water partition coefficient (Wildman–Crippen LogP) is 6.50. The Labute approximate surface area is 262 Å². The molecule has 1 N–H and O–H groups in total. The molecular weight excluding hydrogens is 617 g/mol. The molecule has 0 aromatic heterocycles. The van der Waals surface area contributed by atoms with Crippen LogP contribution in [0.25, 0.3) is 0 Å². The molecule has 0 radical (unpaired) electrons. The van der Waals surface area contributed by atoms with Gasteiger partial charge in [-0.05, 0) is 48.2 Å². The lowest BCUT2D eigenvalue weighted by atomic mass is 9.94. The van der Waals surface area contributed by atoms with Crippen LogP contribution in [0.15, 0.2) is 72.8 Å². The monoisotopic (exact) mass is 649 g/mol. The summed E-state index contributed by atoms with van der Waals surface area (Å²) in [7, 11) is -3.93. The molecule has 0 heterocycles. The summed E-state index contributed by atoms with van der Waals surface area (Å²) in [6, 6.07) is 20.0. The van der Waals surface area contributed by atoms with Gasteiger partial charge in [-0.15, -0.1) is 0 Å². The summed E-state index contributed by atoms with van der Waals surface area (Å²) in [4.78, 5) is 29.6. The van der Waals surface area contributed by atoms with Gasteiger partial charge in [-0.2, -0.15) is 0 Å². The Hall–Kier alpha value is -2.78. The van der Waals surface area contributed by atoms with Crippen molar-refractivity contribution in [2.24, 2.45) is 0 Å². The van der Waals surface area contributed by atoms with E-state index in [1.807, 2.05) is 30.3 Å². The second kappa shape index (κ2) is 14.6. The highest BCUT2D eigenvalue weighted by Crippen LogP contribution is 2.29. The zero-order valence-corrected chi connectivity index (χ0v) is 26.4. The van der Waals surface area contributed by atoms with Crippen LogP contribution in [0.1, 0.15) is 43.2 Å². The molecule has 7 nitrogen and oxygen atoms in total.